The van der Waals surface area contributed by atoms with E-state index in [1.54, 1.807) is 18.2 Å². The zero-order valence-corrected chi connectivity index (χ0v) is 11.1. The maximum Gasteiger partial charge on any atom is 0.338 e. The second-order valence-electron chi connectivity index (χ2n) is 3.85. The molecule has 0 saturated carbocycles. The van der Waals surface area contributed by atoms with Crippen LogP contribution in [0.2, 0.25) is 0 Å². The zero-order chi connectivity index (χ0) is 12.1. The van der Waals surface area contributed by atoms with Gasteiger partial charge < -0.3 is 10.5 Å². The average molecular weight is 286 g/mol. The fourth-order valence-corrected chi connectivity index (χ4v) is 1.34. The van der Waals surface area contributed by atoms with Crippen molar-refractivity contribution in [3.05, 3.63) is 28.2 Å². The summed E-state index contributed by atoms with van der Waals surface area (Å²) in [5, 5.41) is 0. The highest BCUT2D eigenvalue weighted by Gasteiger charge is 2.10. The van der Waals surface area contributed by atoms with Crippen LogP contribution in [0.3, 0.4) is 0 Å². The number of benzene rings is 1. The molecule has 0 spiro atoms. The summed E-state index contributed by atoms with van der Waals surface area (Å²) in [4.78, 5) is 11.6. The van der Waals surface area contributed by atoms with Crippen LogP contribution in [0.25, 0.3) is 0 Å². The quantitative estimate of drug-likeness (QED) is 0.683. The number of esters is 1. The van der Waals surface area contributed by atoms with E-state index in [-0.39, 0.29) is 5.97 Å². The molecule has 3 nitrogen and oxygen atoms in total. The van der Waals surface area contributed by atoms with Gasteiger partial charge in [0.25, 0.3) is 0 Å². The fraction of sp³-hybridized carbons (Fsp3) is 0.417. The molecule has 0 fully saturated rings. The zero-order valence-electron chi connectivity index (χ0n) is 9.50. The van der Waals surface area contributed by atoms with E-state index in [9.17, 15) is 4.79 Å². The van der Waals surface area contributed by atoms with Crippen molar-refractivity contribution in [3.8, 4) is 0 Å². The predicted octanol–water partition coefficient (Wildman–Crippen LogP) is 3.23. The Labute approximate surface area is 104 Å². The minimum absolute atomic E-state index is 0.320. The molecule has 0 aliphatic carbocycles. The van der Waals surface area contributed by atoms with Gasteiger partial charge >= 0.3 is 5.97 Å². The third-order valence-corrected chi connectivity index (χ3v) is 3.15. The van der Waals surface area contributed by atoms with Gasteiger partial charge in [0.2, 0.25) is 0 Å². The Hall–Kier alpha value is -1.03. The SMILES string of the molecule is CCC(C)COC(=O)c1ccc(Br)c(N)c1. The molecule has 0 aliphatic heterocycles. The van der Waals surface area contributed by atoms with E-state index >= 15 is 0 Å². The third kappa shape index (κ3) is 3.52. The van der Waals surface area contributed by atoms with E-state index in [1.165, 1.54) is 0 Å². The van der Waals surface area contributed by atoms with Gasteiger partial charge in [-0.05, 0) is 40.0 Å². The lowest BCUT2D eigenvalue weighted by Crippen LogP contribution is -2.11. The molecule has 0 heterocycles. The summed E-state index contributed by atoms with van der Waals surface area (Å²) >= 11 is 3.27. The maximum absolute atomic E-state index is 11.6. The van der Waals surface area contributed by atoms with Crippen molar-refractivity contribution < 1.29 is 9.53 Å². The number of nitrogens with two attached hydrogens (primary N) is 1. The first-order chi connectivity index (χ1) is 7.54. The number of anilines is 1. The molecule has 1 atom stereocenters. The summed E-state index contributed by atoms with van der Waals surface area (Å²) in [5.74, 6) is 0.0660. The smallest absolute Gasteiger partial charge is 0.338 e. The van der Waals surface area contributed by atoms with E-state index < -0.39 is 0 Å². The Bertz CT molecular complexity index is 379. The van der Waals surface area contributed by atoms with Crippen LogP contribution in [0.5, 0.6) is 0 Å². The number of hydrogen-bond acceptors (Lipinski definition) is 3. The molecule has 1 aromatic carbocycles. The van der Waals surface area contributed by atoms with Crippen molar-refractivity contribution in [1.29, 1.82) is 0 Å². The van der Waals surface area contributed by atoms with Crippen LogP contribution in [0, 0.1) is 5.92 Å². The van der Waals surface area contributed by atoms with Crippen LogP contribution in [0.15, 0.2) is 22.7 Å². The summed E-state index contributed by atoms with van der Waals surface area (Å²) in [5.41, 5.74) is 6.72. The minimum Gasteiger partial charge on any atom is -0.462 e. The Kier molecular flexibility index (Phi) is 4.80. The molecule has 0 bridgehead atoms. The maximum atomic E-state index is 11.6. The largest absolute Gasteiger partial charge is 0.462 e. The minimum atomic E-state index is -0.320. The first-order valence-corrected chi connectivity index (χ1v) is 6.06. The van der Waals surface area contributed by atoms with Gasteiger partial charge in [-0.1, -0.05) is 20.3 Å². The first kappa shape index (κ1) is 13.0. The standard InChI is InChI=1S/C12H16BrNO2/c1-3-8(2)7-16-12(15)9-4-5-10(13)11(14)6-9/h4-6,8H,3,7,14H2,1-2H3. The number of nitrogen functional groups attached to an aromatic ring is 1. The number of hydrogen-bond donors (Lipinski definition) is 1. The molecule has 0 aromatic heterocycles. The van der Waals surface area contributed by atoms with Gasteiger partial charge in [0.05, 0.1) is 12.2 Å². The van der Waals surface area contributed by atoms with Gasteiger partial charge in [-0.15, -0.1) is 0 Å². The van der Waals surface area contributed by atoms with E-state index in [2.05, 4.69) is 22.9 Å². The molecule has 16 heavy (non-hydrogen) atoms. The molecule has 0 aliphatic rings. The van der Waals surface area contributed by atoms with E-state index in [1.807, 2.05) is 6.92 Å². The van der Waals surface area contributed by atoms with Gasteiger partial charge in [-0.2, -0.15) is 0 Å². The van der Waals surface area contributed by atoms with E-state index in [0.29, 0.717) is 23.8 Å². The monoisotopic (exact) mass is 285 g/mol. The van der Waals surface area contributed by atoms with Crippen LogP contribution in [-0.2, 0) is 4.74 Å². The first-order valence-electron chi connectivity index (χ1n) is 5.26. The number of carbonyl (C=O) groups excluding carboxylic acids is 1. The van der Waals surface area contributed by atoms with Gasteiger partial charge in [-0.25, -0.2) is 4.79 Å². The number of halogens is 1. The summed E-state index contributed by atoms with van der Waals surface area (Å²) in [6.45, 7) is 4.56. The molecule has 0 radical (unpaired) electrons. The Morgan fingerprint density at radius 2 is 2.25 bits per heavy atom. The molecule has 0 amide bonds. The second-order valence-corrected chi connectivity index (χ2v) is 4.70. The molecular formula is C12H16BrNO2. The summed E-state index contributed by atoms with van der Waals surface area (Å²) < 4.78 is 5.95. The molecular weight excluding hydrogens is 270 g/mol. The van der Waals surface area contributed by atoms with Crippen molar-refractivity contribution in [2.75, 3.05) is 12.3 Å². The van der Waals surface area contributed by atoms with Crippen LogP contribution in [-0.4, -0.2) is 12.6 Å². The number of carbonyl (C=O) groups is 1. The van der Waals surface area contributed by atoms with Crippen LogP contribution >= 0.6 is 15.9 Å². The van der Waals surface area contributed by atoms with Crippen LogP contribution < -0.4 is 5.73 Å². The lowest BCUT2D eigenvalue weighted by Gasteiger charge is -2.10. The molecule has 4 heteroatoms. The van der Waals surface area contributed by atoms with Gasteiger partial charge in [0, 0.05) is 10.2 Å². The summed E-state index contributed by atoms with van der Waals surface area (Å²) in [6, 6.07) is 5.05. The third-order valence-electron chi connectivity index (χ3n) is 2.43. The van der Waals surface area contributed by atoms with Crippen molar-refractivity contribution >= 4 is 27.6 Å². The molecule has 1 rings (SSSR count). The van der Waals surface area contributed by atoms with Crippen molar-refractivity contribution in [1.82, 2.24) is 0 Å². The highest BCUT2D eigenvalue weighted by atomic mass is 79.9. The normalized spacial score (nSPS) is 12.2. The predicted molar refractivity (Wildman–Crippen MR) is 68.3 cm³/mol. The van der Waals surface area contributed by atoms with E-state index in [0.717, 1.165) is 10.9 Å². The Morgan fingerprint density at radius 1 is 1.56 bits per heavy atom. The van der Waals surface area contributed by atoms with Crippen LogP contribution in [0.1, 0.15) is 30.6 Å². The topological polar surface area (TPSA) is 52.3 Å². The number of ether oxygens (including phenoxy) is 1. The molecule has 1 unspecified atom stereocenters. The van der Waals surface area contributed by atoms with Gasteiger partial charge in [0.15, 0.2) is 0 Å². The second kappa shape index (κ2) is 5.89. The van der Waals surface area contributed by atoms with Crippen molar-refractivity contribution in [3.63, 3.8) is 0 Å². The molecule has 2 N–H and O–H groups in total. The van der Waals surface area contributed by atoms with Gasteiger partial charge in [-0.3, -0.25) is 0 Å². The Balaban J connectivity index is 2.63. The fourth-order valence-electron chi connectivity index (χ4n) is 1.09. The van der Waals surface area contributed by atoms with Gasteiger partial charge in [0.1, 0.15) is 0 Å². The summed E-state index contributed by atoms with van der Waals surface area (Å²) in [7, 11) is 0. The number of rotatable bonds is 4. The highest BCUT2D eigenvalue weighted by Crippen LogP contribution is 2.20. The highest BCUT2D eigenvalue weighted by molar-refractivity contribution is 9.10. The van der Waals surface area contributed by atoms with Crippen molar-refractivity contribution in [2.24, 2.45) is 5.92 Å². The van der Waals surface area contributed by atoms with Crippen LogP contribution in [0.4, 0.5) is 5.69 Å². The molecule has 88 valence electrons. The Morgan fingerprint density at radius 3 is 2.81 bits per heavy atom. The lowest BCUT2D eigenvalue weighted by molar-refractivity contribution is 0.0447. The molecule has 0 saturated heterocycles. The molecule has 1 aromatic rings. The van der Waals surface area contributed by atoms with E-state index in [4.69, 9.17) is 10.5 Å². The van der Waals surface area contributed by atoms with Crippen molar-refractivity contribution in [2.45, 2.75) is 20.3 Å². The lowest BCUT2D eigenvalue weighted by atomic mass is 10.1. The average Bonchev–Trinajstić information content (AvgIpc) is 2.29. The summed E-state index contributed by atoms with van der Waals surface area (Å²) in [6.07, 6.45) is 0.996.